The van der Waals surface area contributed by atoms with Gasteiger partial charge in [-0.3, -0.25) is 9.78 Å². The number of amides is 3. The maximum atomic E-state index is 12.8. The smallest absolute Gasteiger partial charge is 0.318 e. The number of rotatable bonds is 5. The fraction of sp³-hybridized carbons (Fsp3) is 0.409. The largest absolute Gasteiger partial charge is 0.335 e. The molecule has 0 bridgehead atoms. The van der Waals surface area contributed by atoms with Crippen LogP contribution in [0.3, 0.4) is 0 Å². The highest BCUT2D eigenvalue weighted by Gasteiger charge is 2.26. The molecule has 0 saturated carbocycles. The summed E-state index contributed by atoms with van der Waals surface area (Å²) < 4.78 is 0. The quantitative estimate of drug-likeness (QED) is 0.865. The zero-order valence-electron chi connectivity index (χ0n) is 16.5. The standard InChI is InChI=1S/C22H28N4O2/c1-17(2)15-20(19-9-6-10-23-16-19)24-22(28)26-13-11-25(12-14-26)21(27)18-7-4-3-5-8-18/h3-10,16-17,20H,11-15H2,1-2H3,(H,24,28)/t20-/m1/s1. The molecule has 0 spiro atoms. The molecule has 0 unspecified atom stereocenters. The molecule has 148 valence electrons. The van der Waals surface area contributed by atoms with Gasteiger partial charge in [-0.15, -0.1) is 0 Å². The highest BCUT2D eigenvalue weighted by molar-refractivity contribution is 5.94. The zero-order chi connectivity index (χ0) is 19.9. The monoisotopic (exact) mass is 380 g/mol. The molecule has 1 atom stereocenters. The number of hydrogen-bond donors (Lipinski definition) is 1. The van der Waals surface area contributed by atoms with E-state index in [1.807, 2.05) is 53.6 Å². The van der Waals surface area contributed by atoms with E-state index < -0.39 is 0 Å². The minimum atomic E-state index is -0.0821. The third-order valence-corrected chi connectivity index (χ3v) is 4.97. The number of carbonyl (C=O) groups excluding carboxylic acids is 2. The van der Waals surface area contributed by atoms with Gasteiger partial charge >= 0.3 is 6.03 Å². The van der Waals surface area contributed by atoms with Crippen molar-refractivity contribution in [3.8, 4) is 0 Å². The number of aromatic nitrogens is 1. The van der Waals surface area contributed by atoms with Gasteiger partial charge in [0, 0.05) is 44.1 Å². The van der Waals surface area contributed by atoms with Gasteiger partial charge in [0.25, 0.3) is 5.91 Å². The highest BCUT2D eigenvalue weighted by Crippen LogP contribution is 2.21. The summed E-state index contributed by atoms with van der Waals surface area (Å²) in [6, 6.07) is 13.0. The van der Waals surface area contributed by atoms with Gasteiger partial charge in [-0.25, -0.2) is 4.79 Å². The molecule has 1 fully saturated rings. The average molecular weight is 380 g/mol. The molecule has 6 nitrogen and oxygen atoms in total. The predicted octanol–water partition coefficient (Wildman–Crippen LogP) is 3.34. The molecule has 0 aliphatic carbocycles. The van der Waals surface area contributed by atoms with Crippen LogP contribution in [0.25, 0.3) is 0 Å². The van der Waals surface area contributed by atoms with Crippen LogP contribution in [0.5, 0.6) is 0 Å². The van der Waals surface area contributed by atoms with Crippen LogP contribution in [0.2, 0.25) is 0 Å². The highest BCUT2D eigenvalue weighted by atomic mass is 16.2. The van der Waals surface area contributed by atoms with Crippen molar-refractivity contribution in [3.63, 3.8) is 0 Å². The molecule has 2 aromatic rings. The second-order valence-electron chi connectivity index (χ2n) is 7.56. The molecule has 1 aromatic heterocycles. The van der Waals surface area contributed by atoms with Gasteiger partial charge in [-0.1, -0.05) is 38.1 Å². The van der Waals surface area contributed by atoms with Crippen molar-refractivity contribution in [1.82, 2.24) is 20.1 Å². The van der Waals surface area contributed by atoms with Crippen LogP contribution < -0.4 is 5.32 Å². The lowest BCUT2D eigenvalue weighted by Gasteiger charge is -2.35. The summed E-state index contributed by atoms with van der Waals surface area (Å²) in [5, 5.41) is 3.15. The molecule has 3 rings (SSSR count). The third kappa shape index (κ3) is 5.09. The van der Waals surface area contributed by atoms with E-state index in [-0.39, 0.29) is 18.0 Å². The number of urea groups is 1. The van der Waals surface area contributed by atoms with Crippen LogP contribution in [0.4, 0.5) is 4.79 Å². The van der Waals surface area contributed by atoms with Crippen molar-refractivity contribution in [2.24, 2.45) is 5.92 Å². The van der Waals surface area contributed by atoms with E-state index in [0.29, 0.717) is 37.7 Å². The lowest BCUT2D eigenvalue weighted by atomic mass is 9.98. The lowest BCUT2D eigenvalue weighted by Crippen LogP contribution is -2.53. The summed E-state index contributed by atoms with van der Waals surface area (Å²) in [6.07, 6.45) is 4.40. The number of piperazine rings is 1. The second kappa shape index (κ2) is 9.35. The molecule has 3 amide bonds. The molecule has 1 saturated heterocycles. The molecular weight excluding hydrogens is 352 g/mol. The molecular formula is C22H28N4O2. The van der Waals surface area contributed by atoms with Gasteiger partial charge in [0.15, 0.2) is 0 Å². The minimum Gasteiger partial charge on any atom is -0.335 e. The summed E-state index contributed by atoms with van der Waals surface area (Å²) in [5.41, 5.74) is 1.71. The van der Waals surface area contributed by atoms with Crippen molar-refractivity contribution in [2.75, 3.05) is 26.2 Å². The molecule has 28 heavy (non-hydrogen) atoms. The normalized spacial score (nSPS) is 15.4. The van der Waals surface area contributed by atoms with Crippen molar-refractivity contribution in [1.29, 1.82) is 0 Å². The fourth-order valence-corrected chi connectivity index (χ4v) is 3.45. The Morgan fingerprint density at radius 2 is 1.68 bits per heavy atom. The first-order chi connectivity index (χ1) is 13.5. The van der Waals surface area contributed by atoms with Crippen LogP contribution in [0.1, 0.15) is 42.2 Å². The first-order valence-electron chi connectivity index (χ1n) is 9.84. The van der Waals surface area contributed by atoms with E-state index in [2.05, 4.69) is 24.1 Å². The van der Waals surface area contributed by atoms with E-state index in [1.54, 1.807) is 11.1 Å². The Bertz CT molecular complexity index is 772. The molecule has 1 aliphatic rings. The number of hydrogen-bond acceptors (Lipinski definition) is 3. The van der Waals surface area contributed by atoms with Crippen LogP contribution >= 0.6 is 0 Å². The third-order valence-electron chi connectivity index (χ3n) is 4.97. The Kier molecular flexibility index (Phi) is 6.63. The van der Waals surface area contributed by atoms with Crippen LogP contribution in [0, 0.1) is 5.92 Å². The zero-order valence-corrected chi connectivity index (χ0v) is 16.5. The average Bonchev–Trinajstić information content (AvgIpc) is 2.74. The van der Waals surface area contributed by atoms with Gasteiger partial charge in [-0.2, -0.15) is 0 Å². The fourth-order valence-electron chi connectivity index (χ4n) is 3.45. The van der Waals surface area contributed by atoms with E-state index in [1.165, 1.54) is 0 Å². The molecule has 2 heterocycles. The van der Waals surface area contributed by atoms with Crippen LogP contribution in [-0.2, 0) is 0 Å². The van der Waals surface area contributed by atoms with Gasteiger partial charge in [0.1, 0.15) is 0 Å². The van der Waals surface area contributed by atoms with E-state index in [4.69, 9.17) is 0 Å². The number of benzene rings is 1. The van der Waals surface area contributed by atoms with Crippen molar-refractivity contribution < 1.29 is 9.59 Å². The van der Waals surface area contributed by atoms with Crippen molar-refractivity contribution >= 4 is 11.9 Å². The van der Waals surface area contributed by atoms with Crippen molar-refractivity contribution in [3.05, 3.63) is 66.0 Å². The Labute approximate surface area is 166 Å². The van der Waals surface area contributed by atoms with Crippen LogP contribution in [0.15, 0.2) is 54.9 Å². The summed E-state index contributed by atoms with van der Waals surface area (Å²) in [5.74, 6) is 0.472. The first-order valence-corrected chi connectivity index (χ1v) is 9.84. The summed E-state index contributed by atoms with van der Waals surface area (Å²) in [6.45, 7) is 6.44. The van der Waals surface area contributed by atoms with Gasteiger partial charge in [0.05, 0.1) is 6.04 Å². The Morgan fingerprint density at radius 3 is 2.29 bits per heavy atom. The Morgan fingerprint density at radius 1 is 1.00 bits per heavy atom. The molecule has 1 N–H and O–H groups in total. The Hall–Kier alpha value is -2.89. The number of carbonyl (C=O) groups is 2. The molecule has 6 heteroatoms. The van der Waals surface area contributed by atoms with Crippen LogP contribution in [-0.4, -0.2) is 52.9 Å². The van der Waals surface area contributed by atoms with E-state index in [0.717, 1.165) is 12.0 Å². The van der Waals surface area contributed by atoms with E-state index >= 15 is 0 Å². The van der Waals surface area contributed by atoms with Gasteiger partial charge in [0.2, 0.25) is 0 Å². The van der Waals surface area contributed by atoms with Crippen molar-refractivity contribution in [2.45, 2.75) is 26.3 Å². The summed E-state index contributed by atoms with van der Waals surface area (Å²) in [7, 11) is 0. The topological polar surface area (TPSA) is 65.5 Å². The van der Waals surface area contributed by atoms with E-state index in [9.17, 15) is 9.59 Å². The summed E-state index contributed by atoms with van der Waals surface area (Å²) >= 11 is 0. The number of pyridine rings is 1. The molecule has 0 radical (unpaired) electrons. The minimum absolute atomic E-state index is 0.0219. The maximum Gasteiger partial charge on any atom is 0.318 e. The Balaban J connectivity index is 1.57. The van der Waals surface area contributed by atoms with Gasteiger partial charge in [-0.05, 0) is 36.1 Å². The number of nitrogens with one attached hydrogen (secondary N) is 1. The molecule has 1 aliphatic heterocycles. The molecule has 1 aromatic carbocycles. The number of nitrogens with zero attached hydrogens (tertiary/aromatic N) is 3. The van der Waals surface area contributed by atoms with Gasteiger partial charge < -0.3 is 15.1 Å². The SMILES string of the molecule is CC(C)C[C@@H](NC(=O)N1CCN(C(=O)c2ccccc2)CC1)c1cccnc1. The first kappa shape index (κ1) is 19.9. The lowest BCUT2D eigenvalue weighted by molar-refractivity contribution is 0.0663. The predicted molar refractivity (Wildman–Crippen MR) is 109 cm³/mol. The maximum absolute atomic E-state index is 12.8. The second-order valence-corrected chi connectivity index (χ2v) is 7.56. The summed E-state index contributed by atoms with van der Waals surface area (Å²) in [4.78, 5) is 33.1.